The summed E-state index contributed by atoms with van der Waals surface area (Å²) in [5.74, 6) is -0.142. The summed E-state index contributed by atoms with van der Waals surface area (Å²) in [5.41, 5.74) is 1.72. The van der Waals surface area contributed by atoms with Crippen LogP contribution in [-0.4, -0.2) is 75.6 Å². The highest BCUT2D eigenvalue weighted by Gasteiger charge is 2.43. The topological polar surface area (TPSA) is 116 Å². The smallest absolute Gasteiger partial charge is 0.333 e. The summed E-state index contributed by atoms with van der Waals surface area (Å²) in [7, 11) is -2.48. The van der Waals surface area contributed by atoms with Crippen LogP contribution in [0.25, 0.3) is 5.57 Å². The van der Waals surface area contributed by atoms with Gasteiger partial charge in [-0.1, -0.05) is 24.6 Å². The Bertz CT molecular complexity index is 1700. The predicted molar refractivity (Wildman–Crippen MR) is 161 cm³/mol. The normalized spacial score (nSPS) is 25.8. The molecule has 3 aliphatic rings. The fraction of sp³-hybridized carbons (Fsp3) is 0.464. The standard InChI is InChI=1S/C28H31ClF3N7O3S2/c1-15-3-4-16(25(15)40)13-37(2)44(41,42)36-18-12-22-23(21-7-9-39(35-21)28(31)32)24(19-6-5-17(30)11-20(19)29)34-26(38(22)14-18)27-33-8-10-43-27/h5-11,15-16,18,24-25,28,36,40H,3-4,12-14H2,1-2H3/t15?,16?,18-,24-,25?/m0/s1. The summed E-state index contributed by atoms with van der Waals surface area (Å²) in [6, 6.07) is 3.86. The first kappa shape index (κ1) is 31.2. The average molecular weight is 670 g/mol. The van der Waals surface area contributed by atoms with Gasteiger partial charge in [0.05, 0.1) is 11.8 Å². The minimum atomic E-state index is -3.96. The van der Waals surface area contributed by atoms with E-state index in [-0.39, 0.29) is 42.1 Å². The SMILES string of the molecule is CC1CCC(CN(C)S(=O)(=O)N[C@H]2CC3=C(c4ccn(C(F)F)n4)[C@H](c4ccc(F)cc4Cl)N=C(c4nccs4)N3C2)C1O. The van der Waals surface area contributed by atoms with E-state index in [9.17, 15) is 26.7 Å². The number of aliphatic hydroxyl groups excluding tert-OH is 1. The van der Waals surface area contributed by atoms with Crippen molar-refractivity contribution in [2.75, 3.05) is 20.1 Å². The number of aromatic nitrogens is 3. The molecule has 10 nitrogen and oxygen atoms in total. The summed E-state index contributed by atoms with van der Waals surface area (Å²) in [6.07, 6.45) is 3.97. The summed E-state index contributed by atoms with van der Waals surface area (Å²) in [6.45, 7) is -0.563. The molecule has 1 saturated carbocycles. The van der Waals surface area contributed by atoms with Gasteiger partial charge in [0, 0.05) is 72.2 Å². The molecule has 1 aliphatic carbocycles. The molecular weight excluding hydrogens is 639 g/mol. The van der Waals surface area contributed by atoms with Gasteiger partial charge in [0.1, 0.15) is 11.9 Å². The first-order valence-corrected chi connectivity index (χ1v) is 16.8. The molecule has 44 heavy (non-hydrogen) atoms. The van der Waals surface area contributed by atoms with E-state index in [0.717, 1.165) is 25.1 Å². The number of rotatable bonds is 9. The number of alkyl halides is 2. The van der Waals surface area contributed by atoms with E-state index < -0.39 is 40.8 Å². The van der Waals surface area contributed by atoms with Crippen LogP contribution in [0.2, 0.25) is 5.02 Å². The average Bonchev–Trinajstić information content (AvgIpc) is 3.78. The Labute approximate surface area is 262 Å². The molecule has 1 saturated heterocycles. The largest absolute Gasteiger partial charge is 0.393 e. The van der Waals surface area contributed by atoms with Crippen LogP contribution in [0.3, 0.4) is 0 Å². The first-order chi connectivity index (χ1) is 20.9. The van der Waals surface area contributed by atoms with Crippen LogP contribution in [0.1, 0.15) is 55.0 Å². The Morgan fingerprint density at radius 2 is 2.07 bits per heavy atom. The van der Waals surface area contributed by atoms with E-state index in [0.29, 0.717) is 32.4 Å². The van der Waals surface area contributed by atoms with Crippen molar-refractivity contribution in [3.8, 4) is 0 Å². The lowest BCUT2D eigenvalue weighted by Gasteiger charge is -2.32. The van der Waals surface area contributed by atoms with Crippen molar-refractivity contribution in [1.82, 2.24) is 28.7 Å². The zero-order valence-electron chi connectivity index (χ0n) is 23.8. The second-order valence-electron chi connectivity index (χ2n) is 11.4. The molecule has 2 aromatic heterocycles. The summed E-state index contributed by atoms with van der Waals surface area (Å²) in [5, 5.41) is 17.0. The van der Waals surface area contributed by atoms with Crippen molar-refractivity contribution in [2.24, 2.45) is 16.8 Å². The van der Waals surface area contributed by atoms with Crippen molar-refractivity contribution >= 4 is 44.6 Å². The van der Waals surface area contributed by atoms with Gasteiger partial charge < -0.3 is 10.0 Å². The van der Waals surface area contributed by atoms with E-state index in [2.05, 4.69) is 14.8 Å². The number of nitrogens with zero attached hydrogens (tertiary/aromatic N) is 6. The maximum atomic E-state index is 14.1. The van der Waals surface area contributed by atoms with Gasteiger partial charge in [-0.05, 0) is 42.9 Å². The van der Waals surface area contributed by atoms with Gasteiger partial charge in [-0.2, -0.15) is 31.3 Å². The molecule has 6 rings (SSSR count). The lowest BCUT2D eigenvalue weighted by Crippen LogP contribution is -2.47. The van der Waals surface area contributed by atoms with Gasteiger partial charge in [-0.25, -0.2) is 14.1 Å². The first-order valence-electron chi connectivity index (χ1n) is 14.1. The van der Waals surface area contributed by atoms with Crippen LogP contribution in [0.5, 0.6) is 0 Å². The lowest BCUT2D eigenvalue weighted by molar-refractivity contribution is 0.0564. The molecule has 3 aromatic rings. The molecule has 0 radical (unpaired) electrons. The number of amidine groups is 1. The second-order valence-corrected chi connectivity index (χ2v) is 14.5. The molecule has 0 spiro atoms. The molecule has 0 amide bonds. The maximum absolute atomic E-state index is 14.1. The van der Waals surface area contributed by atoms with Gasteiger partial charge in [0.25, 0.3) is 10.2 Å². The van der Waals surface area contributed by atoms with E-state index in [4.69, 9.17) is 16.6 Å². The van der Waals surface area contributed by atoms with Crippen LogP contribution >= 0.6 is 22.9 Å². The fourth-order valence-electron chi connectivity index (χ4n) is 6.24. The van der Waals surface area contributed by atoms with Crippen molar-refractivity contribution in [2.45, 2.75) is 50.9 Å². The predicted octanol–water partition coefficient (Wildman–Crippen LogP) is 4.69. The Balaban J connectivity index is 1.39. The maximum Gasteiger partial charge on any atom is 0.333 e. The second kappa shape index (κ2) is 12.2. The minimum Gasteiger partial charge on any atom is -0.393 e. The Kier molecular flexibility index (Phi) is 8.63. The summed E-state index contributed by atoms with van der Waals surface area (Å²) >= 11 is 7.84. The molecule has 2 aliphatic heterocycles. The summed E-state index contributed by atoms with van der Waals surface area (Å²) in [4.78, 5) is 11.2. The highest BCUT2D eigenvalue weighted by atomic mass is 35.5. The van der Waals surface area contributed by atoms with Crippen LogP contribution in [0, 0.1) is 17.7 Å². The van der Waals surface area contributed by atoms with E-state index >= 15 is 0 Å². The van der Waals surface area contributed by atoms with Gasteiger partial charge in [-0.15, -0.1) is 11.3 Å². The zero-order chi connectivity index (χ0) is 31.3. The molecule has 4 heterocycles. The number of fused-ring (bicyclic) bond motifs is 1. The number of aliphatic imine (C=N–C) groups is 1. The number of hydrogen-bond donors (Lipinski definition) is 2. The Hall–Kier alpha value is -2.82. The van der Waals surface area contributed by atoms with Crippen molar-refractivity contribution < 1.29 is 26.7 Å². The van der Waals surface area contributed by atoms with Gasteiger partial charge in [0.15, 0.2) is 10.8 Å². The lowest BCUT2D eigenvalue weighted by atomic mass is 9.92. The number of nitrogens with one attached hydrogen (secondary N) is 1. The van der Waals surface area contributed by atoms with Crippen molar-refractivity contribution in [3.05, 3.63) is 74.8 Å². The van der Waals surface area contributed by atoms with Crippen LogP contribution < -0.4 is 4.72 Å². The van der Waals surface area contributed by atoms with Gasteiger partial charge in [-0.3, -0.25) is 4.99 Å². The highest BCUT2D eigenvalue weighted by molar-refractivity contribution is 7.87. The van der Waals surface area contributed by atoms with Crippen molar-refractivity contribution in [1.29, 1.82) is 0 Å². The minimum absolute atomic E-state index is 0.0948. The third-order valence-corrected chi connectivity index (χ3v) is 11.2. The fourth-order valence-corrected chi connectivity index (χ4v) is 8.30. The van der Waals surface area contributed by atoms with E-state index in [1.165, 1.54) is 40.9 Å². The monoisotopic (exact) mass is 669 g/mol. The molecule has 2 fully saturated rings. The third kappa shape index (κ3) is 5.93. The highest BCUT2D eigenvalue weighted by Crippen LogP contribution is 2.46. The Morgan fingerprint density at radius 3 is 2.70 bits per heavy atom. The number of aliphatic hydroxyl groups is 1. The van der Waals surface area contributed by atoms with Crippen LogP contribution in [-0.2, 0) is 10.2 Å². The van der Waals surface area contributed by atoms with Crippen molar-refractivity contribution in [3.63, 3.8) is 0 Å². The number of hydrogen-bond acceptors (Lipinski definition) is 8. The Morgan fingerprint density at radius 1 is 1.27 bits per heavy atom. The summed E-state index contributed by atoms with van der Waals surface area (Å²) < 4.78 is 72.7. The number of benzene rings is 1. The molecule has 5 atom stereocenters. The quantitative estimate of drug-likeness (QED) is 0.342. The molecule has 1 aromatic carbocycles. The number of thiazole rings is 1. The molecule has 236 valence electrons. The van der Waals surface area contributed by atoms with Crippen LogP contribution in [0.4, 0.5) is 13.2 Å². The van der Waals surface area contributed by atoms with Gasteiger partial charge in [0.2, 0.25) is 0 Å². The molecular formula is C28H31ClF3N7O3S2. The molecule has 16 heteroatoms. The van der Waals surface area contributed by atoms with Gasteiger partial charge >= 0.3 is 6.55 Å². The van der Waals surface area contributed by atoms with E-state index in [1.54, 1.807) is 11.6 Å². The number of halogens is 4. The zero-order valence-corrected chi connectivity index (χ0v) is 26.2. The third-order valence-electron chi connectivity index (χ3n) is 8.50. The van der Waals surface area contributed by atoms with E-state index in [1.807, 2.05) is 11.8 Å². The molecule has 3 unspecified atom stereocenters. The molecule has 2 N–H and O–H groups in total. The molecule has 0 bridgehead atoms. The van der Waals surface area contributed by atoms with Crippen LogP contribution in [0.15, 0.2) is 52.7 Å².